The van der Waals surface area contributed by atoms with Crippen molar-refractivity contribution in [3.63, 3.8) is 0 Å². The Hall–Kier alpha value is -0.480. The lowest BCUT2D eigenvalue weighted by Gasteiger charge is -2.21. The quantitative estimate of drug-likeness (QED) is 0.470. The summed E-state index contributed by atoms with van der Waals surface area (Å²) in [7, 11) is 0. The highest BCUT2D eigenvalue weighted by molar-refractivity contribution is 4.83. The van der Waals surface area contributed by atoms with Crippen LogP contribution in [0.3, 0.4) is 0 Å². The van der Waals surface area contributed by atoms with Gasteiger partial charge in [0.25, 0.3) is 0 Å². The molecule has 1 atom stereocenters. The van der Waals surface area contributed by atoms with Crippen LogP contribution >= 0.6 is 0 Å². The van der Waals surface area contributed by atoms with Crippen LogP contribution in [0.5, 0.6) is 0 Å². The molecule has 0 aliphatic carbocycles. The summed E-state index contributed by atoms with van der Waals surface area (Å²) in [4.78, 5) is 0. The van der Waals surface area contributed by atoms with E-state index in [0.717, 1.165) is 18.9 Å². The second-order valence-corrected chi connectivity index (χ2v) is 3.86. The molecule has 0 heterocycles. The third-order valence-electron chi connectivity index (χ3n) is 2.36. The van der Waals surface area contributed by atoms with E-state index in [9.17, 15) is 0 Å². The standard InChI is InChI=1S/C12H23N/c1-5-7-8-9-10-12(11(3)4)13-6-2/h1,11-13H,6-10H2,2-4H3. The monoisotopic (exact) mass is 181 g/mol. The van der Waals surface area contributed by atoms with E-state index in [1.54, 1.807) is 0 Å². The van der Waals surface area contributed by atoms with Crippen molar-refractivity contribution in [3.05, 3.63) is 0 Å². The van der Waals surface area contributed by atoms with Gasteiger partial charge in [0.15, 0.2) is 0 Å². The Morgan fingerprint density at radius 2 is 2.00 bits per heavy atom. The number of terminal acetylenes is 1. The summed E-state index contributed by atoms with van der Waals surface area (Å²) >= 11 is 0. The average molecular weight is 181 g/mol. The fourth-order valence-electron chi connectivity index (χ4n) is 1.52. The predicted molar refractivity (Wildman–Crippen MR) is 59.6 cm³/mol. The molecule has 0 saturated carbocycles. The third-order valence-corrected chi connectivity index (χ3v) is 2.36. The van der Waals surface area contributed by atoms with Gasteiger partial charge in [0.05, 0.1) is 0 Å². The number of nitrogens with one attached hydrogen (secondary N) is 1. The van der Waals surface area contributed by atoms with E-state index in [0.29, 0.717) is 6.04 Å². The van der Waals surface area contributed by atoms with E-state index >= 15 is 0 Å². The largest absolute Gasteiger partial charge is 0.314 e. The van der Waals surface area contributed by atoms with Crippen LogP contribution < -0.4 is 5.32 Å². The molecule has 0 fully saturated rings. The maximum absolute atomic E-state index is 5.20. The zero-order valence-corrected chi connectivity index (χ0v) is 9.27. The molecule has 13 heavy (non-hydrogen) atoms. The van der Waals surface area contributed by atoms with Crippen molar-refractivity contribution in [1.29, 1.82) is 0 Å². The van der Waals surface area contributed by atoms with Crippen LogP contribution in [0.15, 0.2) is 0 Å². The molecule has 76 valence electrons. The van der Waals surface area contributed by atoms with Crippen molar-refractivity contribution >= 4 is 0 Å². The van der Waals surface area contributed by atoms with Gasteiger partial charge in [-0.1, -0.05) is 27.2 Å². The Labute approximate surface area is 83.3 Å². The first kappa shape index (κ1) is 12.5. The lowest BCUT2D eigenvalue weighted by Crippen LogP contribution is -2.33. The number of unbranched alkanes of at least 4 members (excludes halogenated alkanes) is 2. The van der Waals surface area contributed by atoms with Crippen LogP contribution in [0.25, 0.3) is 0 Å². The highest BCUT2D eigenvalue weighted by Crippen LogP contribution is 2.10. The fraction of sp³-hybridized carbons (Fsp3) is 0.833. The van der Waals surface area contributed by atoms with E-state index in [4.69, 9.17) is 6.42 Å². The minimum absolute atomic E-state index is 0.669. The molecule has 1 N–H and O–H groups in total. The van der Waals surface area contributed by atoms with Gasteiger partial charge in [0.2, 0.25) is 0 Å². The lowest BCUT2D eigenvalue weighted by molar-refractivity contribution is 0.374. The zero-order chi connectivity index (χ0) is 10.1. The number of hydrogen-bond donors (Lipinski definition) is 1. The summed E-state index contributed by atoms with van der Waals surface area (Å²) in [6.07, 6.45) is 9.80. The Kier molecular flexibility index (Phi) is 7.83. The molecule has 0 aromatic heterocycles. The third kappa shape index (κ3) is 6.66. The molecule has 0 aromatic carbocycles. The van der Waals surface area contributed by atoms with Crippen LogP contribution in [0.4, 0.5) is 0 Å². The van der Waals surface area contributed by atoms with Gasteiger partial charge < -0.3 is 5.32 Å². The van der Waals surface area contributed by atoms with Crippen molar-refractivity contribution < 1.29 is 0 Å². The van der Waals surface area contributed by atoms with Crippen molar-refractivity contribution in [2.45, 2.75) is 52.5 Å². The van der Waals surface area contributed by atoms with Gasteiger partial charge in [0.1, 0.15) is 0 Å². The summed E-state index contributed by atoms with van der Waals surface area (Å²) in [6.45, 7) is 7.78. The van der Waals surface area contributed by atoms with Crippen LogP contribution in [0.1, 0.15) is 46.5 Å². The van der Waals surface area contributed by atoms with E-state index < -0.39 is 0 Å². The number of hydrogen-bond acceptors (Lipinski definition) is 1. The second kappa shape index (κ2) is 8.13. The highest BCUT2D eigenvalue weighted by Gasteiger charge is 2.10. The maximum atomic E-state index is 5.20. The number of rotatable bonds is 7. The summed E-state index contributed by atoms with van der Waals surface area (Å²) in [5, 5.41) is 3.51. The van der Waals surface area contributed by atoms with Crippen molar-refractivity contribution in [1.82, 2.24) is 5.32 Å². The SMILES string of the molecule is C#CCCCCC(NCC)C(C)C. The summed E-state index contributed by atoms with van der Waals surface area (Å²) in [5.41, 5.74) is 0. The van der Waals surface area contributed by atoms with E-state index in [1.807, 2.05) is 0 Å². The van der Waals surface area contributed by atoms with Crippen LogP contribution in [0, 0.1) is 18.3 Å². The van der Waals surface area contributed by atoms with Gasteiger partial charge >= 0.3 is 0 Å². The minimum atomic E-state index is 0.669. The highest BCUT2D eigenvalue weighted by atomic mass is 14.9. The zero-order valence-electron chi connectivity index (χ0n) is 9.27. The first-order chi connectivity index (χ1) is 6.22. The molecule has 1 unspecified atom stereocenters. The first-order valence-corrected chi connectivity index (χ1v) is 5.39. The summed E-state index contributed by atoms with van der Waals surface area (Å²) in [5.74, 6) is 3.41. The normalized spacial score (nSPS) is 12.8. The van der Waals surface area contributed by atoms with Crippen LogP contribution in [-0.2, 0) is 0 Å². The molecule has 0 aliphatic heterocycles. The van der Waals surface area contributed by atoms with Crippen LogP contribution in [-0.4, -0.2) is 12.6 Å². The molecule has 0 radical (unpaired) electrons. The van der Waals surface area contributed by atoms with Gasteiger partial charge in [-0.05, 0) is 25.3 Å². The topological polar surface area (TPSA) is 12.0 Å². The van der Waals surface area contributed by atoms with Gasteiger partial charge in [-0.25, -0.2) is 0 Å². The summed E-state index contributed by atoms with van der Waals surface area (Å²) in [6, 6.07) is 0.669. The van der Waals surface area contributed by atoms with Crippen molar-refractivity contribution in [3.8, 4) is 12.3 Å². The maximum Gasteiger partial charge on any atom is 0.00899 e. The lowest BCUT2D eigenvalue weighted by atomic mass is 9.98. The molecule has 0 amide bonds. The molecule has 0 bridgehead atoms. The molecule has 1 nitrogen and oxygen atoms in total. The second-order valence-electron chi connectivity index (χ2n) is 3.86. The first-order valence-electron chi connectivity index (χ1n) is 5.39. The van der Waals surface area contributed by atoms with Gasteiger partial charge in [-0.15, -0.1) is 12.3 Å². The van der Waals surface area contributed by atoms with Crippen molar-refractivity contribution in [2.75, 3.05) is 6.54 Å². The Bertz CT molecular complexity index is 144. The Balaban J connectivity index is 3.52. The van der Waals surface area contributed by atoms with Gasteiger partial charge in [0, 0.05) is 12.5 Å². The van der Waals surface area contributed by atoms with E-state index in [1.165, 1.54) is 19.3 Å². The minimum Gasteiger partial charge on any atom is -0.314 e. The van der Waals surface area contributed by atoms with Gasteiger partial charge in [-0.3, -0.25) is 0 Å². The fourth-order valence-corrected chi connectivity index (χ4v) is 1.52. The molecule has 0 rings (SSSR count). The molecule has 0 saturated heterocycles. The van der Waals surface area contributed by atoms with Gasteiger partial charge in [-0.2, -0.15) is 0 Å². The molecule has 0 aliphatic rings. The molecule has 0 aromatic rings. The molecular formula is C12H23N. The van der Waals surface area contributed by atoms with Crippen LogP contribution in [0.2, 0.25) is 0 Å². The molecular weight excluding hydrogens is 158 g/mol. The Morgan fingerprint density at radius 1 is 1.31 bits per heavy atom. The Morgan fingerprint density at radius 3 is 2.46 bits per heavy atom. The smallest absolute Gasteiger partial charge is 0.00899 e. The molecule has 0 spiro atoms. The van der Waals surface area contributed by atoms with Crippen molar-refractivity contribution in [2.24, 2.45) is 5.92 Å². The predicted octanol–water partition coefficient (Wildman–Crippen LogP) is 2.81. The summed E-state index contributed by atoms with van der Waals surface area (Å²) < 4.78 is 0. The average Bonchev–Trinajstić information content (AvgIpc) is 2.10. The molecule has 1 heteroatoms. The van der Waals surface area contributed by atoms with E-state index in [-0.39, 0.29) is 0 Å². The van der Waals surface area contributed by atoms with E-state index in [2.05, 4.69) is 32.0 Å².